The Morgan fingerprint density at radius 2 is 2.19 bits per heavy atom. The number of hydrogen-bond acceptors (Lipinski definition) is 3. The van der Waals surface area contributed by atoms with E-state index in [2.05, 4.69) is 26.1 Å². The third-order valence-corrected chi connectivity index (χ3v) is 3.14. The Labute approximate surface area is 98.0 Å². The third-order valence-electron chi connectivity index (χ3n) is 3.14. The third kappa shape index (κ3) is 3.46. The molecule has 0 radical (unpaired) electrons. The van der Waals surface area contributed by atoms with Crippen LogP contribution in [0.15, 0.2) is 0 Å². The summed E-state index contributed by atoms with van der Waals surface area (Å²) in [6.45, 7) is 7.26. The fourth-order valence-corrected chi connectivity index (χ4v) is 2.19. The molecule has 0 bridgehead atoms. The van der Waals surface area contributed by atoms with Crippen LogP contribution in [0.2, 0.25) is 0 Å². The molecule has 1 rings (SSSR count). The maximum absolute atomic E-state index is 12.0. The van der Waals surface area contributed by atoms with Gasteiger partial charge in [0.1, 0.15) is 0 Å². The smallest absolute Gasteiger partial charge is 0.240 e. The maximum Gasteiger partial charge on any atom is 0.240 e. The Kier molecular flexibility index (Phi) is 5.22. The molecule has 94 valence electrons. The Balaban J connectivity index is 2.36. The summed E-state index contributed by atoms with van der Waals surface area (Å²) in [6, 6.07) is 0.580. The number of likely N-dealkylation sites (tertiary alicyclic amines) is 1. The van der Waals surface area contributed by atoms with E-state index in [4.69, 9.17) is 5.11 Å². The van der Waals surface area contributed by atoms with Crippen LogP contribution in [0.4, 0.5) is 0 Å². The van der Waals surface area contributed by atoms with Crippen LogP contribution in [0.5, 0.6) is 0 Å². The Hall–Kier alpha value is -0.610. The Morgan fingerprint density at radius 1 is 1.50 bits per heavy atom. The van der Waals surface area contributed by atoms with Crippen molar-refractivity contribution in [3.8, 4) is 0 Å². The molecule has 4 heteroatoms. The minimum absolute atomic E-state index is 0.0175. The first kappa shape index (κ1) is 13.5. The van der Waals surface area contributed by atoms with Gasteiger partial charge in [-0.2, -0.15) is 0 Å². The van der Waals surface area contributed by atoms with E-state index in [0.29, 0.717) is 12.1 Å². The molecule has 0 aromatic rings. The summed E-state index contributed by atoms with van der Waals surface area (Å²) < 4.78 is 0. The monoisotopic (exact) mass is 228 g/mol. The molecule has 0 spiro atoms. The molecule has 1 aliphatic rings. The molecular weight excluding hydrogens is 204 g/mol. The lowest BCUT2D eigenvalue weighted by molar-refractivity contribution is -0.130. The summed E-state index contributed by atoms with van der Waals surface area (Å²) in [5.74, 6) is 0.228. The highest BCUT2D eigenvalue weighted by molar-refractivity contribution is 5.84. The van der Waals surface area contributed by atoms with Crippen LogP contribution in [-0.4, -0.2) is 47.2 Å². The van der Waals surface area contributed by atoms with Gasteiger partial charge in [0.2, 0.25) is 5.91 Å². The van der Waals surface area contributed by atoms with E-state index in [0.717, 1.165) is 25.8 Å². The summed E-state index contributed by atoms with van der Waals surface area (Å²) in [5.41, 5.74) is 0. The van der Waals surface area contributed by atoms with Crippen molar-refractivity contribution in [2.45, 2.75) is 58.2 Å². The second kappa shape index (κ2) is 6.21. The number of carbonyl (C=O) groups excluding carboxylic acids is 1. The first-order valence-corrected chi connectivity index (χ1v) is 6.23. The second-order valence-corrected chi connectivity index (χ2v) is 4.90. The molecule has 0 aromatic carbocycles. The molecule has 0 aromatic heterocycles. The topological polar surface area (TPSA) is 52.6 Å². The zero-order valence-electron chi connectivity index (χ0n) is 10.6. The molecule has 16 heavy (non-hydrogen) atoms. The predicted molar refractivity (Wildman–Crippen MR) is 64.2 cm³/mol. The average molecular weight is 228 g/mol. The van der Waals surface area contributed by atoms with Crippen LogP contribution in [0.1, 0.15) is 40.0 Å². The zero-order valence-corrected chi connectivity index (χ0v) is 10.6. The van der Waals surface area contributed by atoms with Gasteiger partial charge < -0.3 is 15.3 Å². The van der Waals surface area contributed by atoms with Gasteiger partial charge in [-0.15, -0.1) is 0 Å². The average Bonchev–Trinajstić information content (AvgIpc) is 2.57. The minimum Gasteiger partial charge on any atom is -0.396 e. The van der Waals surface area contributed by atoms with E-state index in [1.54, 1.807) is 0 Å². The van der Waals surface area contributed by atoms with Gasteiger partial charge >= 0.3 is 0 Å². The van der Waals surface area contributed by atoms with Crippen molar-refractivity contribution in [2.75, 3.05) is 13.2 Å². The van der Waals surface area contributed by atoms with Crippen LogP contribution >= 0.6 is 0 Å². The molecule has 0 aliphatic carbocycles. The molecule has 1 amide bonds. The Morgan fingerprint density at radius 3 is 2.69 bits per heavy atom. The number of hydrogen-bond donors (Lipinski definition) is 2. The zero-order chi connectivity index (χ0) is 12.1. The van der Waals surface area contributed by atoms with Gasteiger partial charge in [0, 0.05) is 25.2 Å². The minimum atomic E-state index is -0.0175. The standard InChI is InChI=1S/C12H24N2O2/c1-9(2)14-7-6-11(12(14)16)13-10(3)5-4-8-15/h9-11,13,15H,4-8H2,1-3H3. The second-order valence-electron chi connectivity index (χ2n) is 4.90. The van der Waals surface area contributed by atoms with Crippen LogP contribution in [0, 0.1) is 0 Å². The van der Waals surface area contributed by atoms with Crippen molar-refractivity contribution in [2.24, 2.45) is 0 Å². The number of nitrogens with zero attached hydrogens (tertiary/aromatic N) is 1. The summed E-state index contributed by atoms with van der Waals surface area (Å²) in [7, 11) is 0. The van der Waals surface area contributed by atoms with Gasteiger partial charge in [-0.25, -0.2) is 0 Å². The van der Waals surface area contributed by atoms with E-state index in [-0.39, 0.29) is 18.6 Å². The van der Waals surface area contributed by atoms with Crippen molar-refractivity contribution in [1.82, 2.24) is 10.2 Å². The lowest BCUT2D eigenvalue weighted by atomic mass is 10.1. The SMILES string of the molecule is CC(CCCO)NC1CCN(C(C)C)C1=O. The van der Waals surface area contributed by atoms with E-state index in [1.807, 2.05) is 4.90 Å². The highest BCUT2D eigenvalue weighted by Gasteiger charge is 2.33. The maximum atomic E-state index is 12.0. The summed E-state index contributed by atoms with van der Waals surface area (Å²) in [4.78, 5) is 13.9. The summed E-state index contributed by atoms with van der Waals surface area (Å²) in [6.07, 6.45) is 2.62. The molecule has 2 unspecified atom stereocenters. The van der Waals surface area contributed by atoms with Gasteiger partial charge in [0.05, 0.1) is 6.04 Å². The van der Waals surface area contributed by atoms with Crippen molar-refractivity contribution >= 4 is 5.91 Å². The number of nitrogens with one attached hydrogen (secondary N) is 1. The number of aliphatic hydroxyl groups excluding tert-OH is 1. The molecule has 1 heterocycles. The number of rotatable bonds is 6. The molecule has 2 N–H and O–H groups in total. The molecule has 1 saturated heterocycles. The van der Waals surface area contributed by atoms with Gasteiger partial charge in [0.25, 0.3) is 0 Å². The van der Waals surface area contributed by atoms with E-state index >= 15 is 0 Å². The van der Waals surface area contributed by atoms with Gasteiger partial charge in [-0.3, -0.25) is 4.79 Å². The van der Waals surface area contributed by atoms with Crippen LogP contribution in [-0.2, 0) is 4.79 Å². The molecule has 0 saturated carbocycles. The van der Waals surface area contributed by atoms with Crippen molar-refractivity contribution < 1.29 is 9.90 Å². The molecule has 4 nitrogen and oxygen atoms in total. The first-order valence-electron chi connectivity index (χ1n) is 6.23. The number of amides is 1. The summed E-state index contributed by atoms with van der Waals surface area (Å²) in [5, 5.41) is 12.1. The quantitative estimate of drug-likeness (QED) is 0.705. The molecule has 1 aliphatic heterocycles. The summed E-state index contributed by atoms with van der Waals surface area (Å²) >= 11 is 0. The van der Waals surface area contributed by atoms with Gasteiger partial charge in [0.15, 0.2) is 0 Å². The van der Waals surface area contributed by atoms with Crippen molar-refractivity contribution in [1.29, 1.82) is 0 Å². The molecular formula is C12H24N2O2. The normalized spacial score (nSPS) is 23.2. The number of carbonyl (C=O) groups is 1. The van der Waals surface area contributed by atoms with Crippen LogP contribution < -0.4 is 5.32 Å². The van der Waals surface area contributed by atoms with Crippen LogP contribution in [0.3, 0.4) is 0 Å². The largest absolute Gasteiger partial charge is 0.396 e. The van der Waals surface area contributed by atoms with E-state index < -0.39 is 0 Å². The predicted octanol–water partition coefficient (Wildman–Crippen LogP) is 0.746. The highest BCUT2D eigenvalue weighted by Crippen LogP contribution is 2.15. The first-order chi connectivity index (χ1) is 7.56. The highest BCUT2D eigenvalue weighted by atomic mass is 16.2. The number of aliphatic hydroxyl groups is 1. The molecule has 1 fully saturated rings. The fourth-order valence-electron chi connectivity index (χ4n) is 2.19. The van der Waals surface area contributed by atoms with Crippen molar-refractivity contribution in [3.63, 3.8) is 0 Å². The fraction of sp³-hybridized carbons (Fsp3) is 0.917. The van der Waals surface area contributed by atoms with Crippen molar-refractivity contribution in [3.05, 3.63) is 0 Å². The van der Waals surface area contributed by atoms with Crippen LogP contribution in [0.25, 0.3) is 0 Å². The van der Waals surface area contributed by atoms with E-state index in [1.165, 1.54) is 0 Å². The lowest BCUT2D eigenvalue weighted by Gasteiger charge is -2.22. The van der Waals surface area contributed by atoms with E-state index in [9.17, 15) is 4.79 Å². The molecule has 2 atom stereocenters. The Bertz CT molecular complexity index is 231. The van der Waals surface area contributed by atoms with Gasteiger partial charge in [-0.1, -0.05) is 0 Å². The lowest BCUT2D eigenvalue weighted by Crippen LogP contribution is -2.44. The van der Waals surface area contributed by atoms with Gasteiger partial charge in [-0.05, 0) is 40.0 Å².